The van der Waals surface area contributed by atoms with E-state index in [9.17, 15) is 14.4 Å². The zero-order valence-corrected chi connectivity index (χ0v) is 23.3. The maximum Gasteiger partial charge on any atom is 0.347 e. The third-order valence-corrected chi connectivity index (χ3v) is 9.67. The fraction of sp³-hybridized carbons (Fsp3) is 0.897. The van der Waals surface area contributed by atoms with Crippen LogP contribution in [-0.2, 0) is 28.6 Å². The molecule has 5 aliphatic rings. The van der Waals surface area contributed by atoms with Gasteiger partial charge in [-0.25, -0.2) is 4.79 Å². The molecule has 4 bridgehead atoms. The van der Waals surface area contributed by atoms with Crippen LogP contribution in [0.1, 0.15) is 113 Å². The highest BCUT2D eigenvalue weighted by Crippen LogP contribution is 2.64. The highest BCUT2D eigenvalue weighted by molar-refractivity contribution is 5.82. The minimum absolute atomic E-state index is 0.00857. The second-order valence-electron chi connectivity index (χ2n) is 13.4. The molecule has 6 heteroatoms. The summed E-state index contributed by atoms with van der Waals surface area (Å²) in [4.78, 5) is 35.2. The molecule has 0 N–H and O–H groups in total. The number of cyclic esters (lactones) is 1. The summed E-state index contributed by atoms with van der Waals surface area (Å²) in [6, 6.07) is 0. The van der Waals surface area contributed by atoms with Crippen molar-refractivity contribution in [3.8, 4) is 0 Å². The lowest BCUT2D eigenvalue weighted by Gasteiger charge is -2.61. The lowest BCUT2D eigenvalue weighted by Crippen LogP contribution is -2.58. The molecule has 4 saturated carbocycles. The van der Waals surface area contributed by atoms with E-state index in [1.165, 1.54) is 38.5 Å². The maximum atomic E-state index is 12.6. The van der Waals surface area contributed by atoms with Gasteiger partial charge in [0.05, 0.1) is 17.4 Å². The van der Waals surface area contributed by atoms with Gasteiger partial charge >= 0.3 is 17.9 Å². The Hall–Kier alpha value is -1.59. The Morgan fingerprint density at radius 1 is 0.857 bits per heavy atom. The first-order valence-corrected chi connectivity index (χ1v) is 13.8. The van der Waals surface area contributed by atoms with E-state index in [2.05, 4.69) is 20.8 Å². The molecule has 1 aliphatic heterocycles. The smallest absolute Gasteiger partial charge is 0.347 e. The molecule has 4 aliphatic carbocycles. The Morgan fingerprint density at radius 2 is 1.31 bits per heavy atom. The van der Waals surface area contributed by atoms with Crippen molar-refractivity contribution in [3.05, 3.63) is 0 Å². The van der Waals surface area contributed by atoms with Crippen molar-refractivity contribution < 1.29 is 28.6 Å². The number of esters is 3. The summed E-state index contributed by atoms with van der Waals surface area (Å²) in [5.74, 6) is 1.93. The van der Waals surface area contributed by atoms with E-state index in [1.807, 2.05) is 20.8 Å². The largest absolute Gasteiger partial charge is 0.463 e. The van der Waals surface area contributed by atoms with E-state index in [1.54, 1.807) is 13.8 Å². The van der Waals surface area contributed by atoms with Crippen LogP contribution in [0.4, 0.5) is 0 Å². The standard InChI is InChI=1S/C19H32O2.C10H16O4/c1-6-17(2,3)16(20)21-18(4,5)19-10-13-7-14(11-19)9-15(8-13)12-19;1-4-10(2,3)9(12)14-7-5-6-13-8(7)11/h13-15H,6-12H2,1-5H3;7H,4-6H2,1-3H3. The summed E-state index contributed by atoms with van der Waals surface area (Å²) in [5, 5.41) is 0. The van der Waals surface area contributed by atoms with Gasteiger partial charge in [0.2, 0.25) is 6.10 Å². The molecule has 6 nitrogen and oxygen atoms in total. The summed E-state index contributed by atoms with van der Waals surface area (Å²) in [6.45, 7) is 16.3. The van der Waals surface area contributed by atoms with Crippen LogP contribution in [0.5, 0.6) is 0 Å². The molecule has 0 radical (unpaired) electrons. The second-order valence-corrected chi connectivity index (χ2v) is 13.4. The molecule has 5 rings (SSSR count). The third-order valence-electron chi connectivity index (χ3n) is 9.67. The molecule has 0 amide bonds. The van der Waals surface area contributed by atoms with E-state index >= 15 is 0 Å². The lowest BCUT2D eigenvalue weighted by molar-refractivity contribution is -0.206. The van der Waals surface area contributed by atoms with Crippen LogP contribution in [0.2, 0.25) is 0 Å². The van der Waals surface area contributed by atoms with Gasteiger partial charge in [0.15, 0.2) is 0 Å². The number of hydrogen-bond acceptors (Lipinski definition) is 6. The minimum atomic E-state index is -0.687. The zero-order chi connectivity index (χ0) is 26.2. The SMILES string of the molecule is CCC(C)(C)C(=O)OC(C)(C)C12CC3CC(CC(C3)C1)C2.CCC(C)(C)C(=O)OC1CCOC1=O. The number of carbonyl (C=O) groups excluding carboxylic acids is 3. The molecule has 1 atom stereocenters. The van der Waals surface area contributed by atoms with Crippen LogP contribution in [0.3, 0.4) is 0 Å². The number of hydrogen-bond donors (Lipinski definition) is 0. The van der Waals surface area contributed by atoms with Gasteiger partial charge in [0.25, 0.3) is 0 Å². The van der Waals surface area contributed by atoms with Crippen molar-refractivity contribution in [2.75, 3.05) is 6.61 Å². The van der Waals surface area contributed by atoms with Gasteiger partial charge in [-0.05, 0) is 111 Å². The summed E-state index contributed by atoms with van der Waals surface area (Å²) in [5.41, 5.74) is -0.948. The zero-order valence-electron chi connectivity index (χ0n) is 23.3. The van der Waals surface area contributed by atoms with Gasteiger partial charge in [-0.1, -0.05) is 13.8 Å². The van der Waals surface area contributed by atoms with Crippen molar-refractivity contribution in [3.63, 3.8) is 0 Å². The molecule has 1 heterocycles. The van der Waals surface area contributed by atoms with Crippen molar-refractivity contribution in [2.45, 2.75) is 125 Å². The predicted octanol–water partition coefficient (Wildman–Crippen LogP) is 6.24. The summed E-state index contributed by atoms with van der Waals surface area (Å²) in [6.07, 6.45) is 9.47. The van der Waals surface area contributed by atoms with Gasteiger partial charge in [0.1, 0.15) is 5.60 Å². The lowest BCUT2D eigenvalue weighted by atomic mass is 9.46. The predicted molar refractivity (Wildman–Crippen MR) is 134 cm³/mol. The van der Waals surface area contributed by atoms with Crippen LogP contribution in [0, 0.1) is 34.0 Å². The van der Waals surface area contributed by atoms with E-state index < -0.39 is 17.5 Å². The fourth-order valence-electron chi connectivity index (χ4n) is 6.49. The minimum Gasteiger partial charge on any atom is -0.463 e. The molecular weight excluding hydrogens is 444 g/mol. The van der Waals surface area contributed by atoms with Gasteiger partial charge in [-0.2, -0.15) is 0 Å². The molecular formula is C29H48O6. The Morgan fingerprint density at radius 3 is 1.71 bits per heavy atom. The molecule has 0 aromatic carbocycles. The number of ether oxygens (including phenoxy) is 3. The second kappa shape index (κ2) is 10.0. The highest BCUT2D eigenvalue weighted by atomic mass is 16.6. The average molecular weight is 493 g/mol. The van der Waals surface area contributed by atoms with E-state index in [-0.39, 0.29) is 28.4 Å². The van der Waals surface area contributed by atoms with E-state index in [4.69, 9.17) is 14.2 Å². The molecule has 0 aromatic rings. The summed E-state index contributed by atoms with van der Waals surface area (Å²) >= 11 is 0. The van der Waals surface area contributed by atoms with Crippen molar-refractivity contribution in [1.29, 1.82) is 0 Å². The van der Waals surface area contributed by atoms with Gasteiger partial charge in [0, 0.05) is 11.8 Å². The number of carbonyl (C=O) groups is 3. The Balaban J connectivity index is 0.000000214. The monoisotopic (exact) mass is 492 g/mol. The first-order valence-electron chi connectivity index (χ1n) is 13.8. The van der Waals surface area contributed by atoms with Crippen LogP contribution >= 0.6 is 0 Å². The van der Waals surface area contributed by atoms with Crippen molar-refractivity contribution >= 4 is 17.9 Å². The summed E-state index contributed by atoms with van der Waals surface area (Å²) < 4.78 is 15.9. The van der Waals surface area contributed by atoms with Crippen LogP contribution < -0.4 is 0 Å². The van der Waals surface area contributed by atoms with Crippen LogP contribution in [0.25, 0.3) is 0 Å². The van der Waals surface area contributed by atoms with Crippen LogP contribution in [-0.4, -0.2) is 36.2 Å². The highest BCUT2D eigenvalue weighted by Gasteiger charge is 2.59. The first kappa shape index (κ1) is 28.0. The molecule has 5 fully saturated rings. The summed E-state index contributed by atoms with van der Waals surface area (Å²) in [7, 11) is 0. The molecule has 0 spiro atoms. The Bertz CT molecular complexity index is 773. The molecule has 1 unspecified atom stereocenters. The van der Waals surface area contributed by atoms with Crippen molar-refractivity contribution in [2.24, 2.45) is 34.0 Å². The van der Waals surface area contributed by atoms with Crippen LogP contribution in [0.15, 0.2) is 0 Å². The fourth-order valence-corrected chi connectivity index (χ4v) is 6.49. The van der Waals surface area contributed by atoms with Crippen molar-refractivity contribution in [1.82, 2.24) is 0 Å². The average Bonchev–Trinajstić information content (AvgIpc) is 3.17. The van der Waals surface area contributed by atoms with Gasteiger partial charge in [-0.3, -0.25) is 9.59 Å². The topological polar surface area (TPSA) is 78.9 Å². The van der Waals surface area contributed by atoms with Gasteiger partial charge in [-0.15, -0.1) is 0 Å². The molecule has 200 valence electrons. The maximum absolute atomic E-state index is 12.6. The Kier molecular flexibility index (Phi) is 8.04. The van der Waals surface area contributed by atoms with E-state index in [0.717, 1.165) is 24.2 Å². The molecule has 35 heavy (non-hydrogen) atoms. The molecule has 1 saturated heterocycles. The molecule has 0 aromatic heterocycles. The third kappa shape index (κ3) is 5.88. The van der Waals surface area contributed by atoms with E-state index in [0.29, 0.717) is 19.4 Å². The number of rotatable bonds is 7. The Labute approximate surface area is 212 Å². The van der Waals surface area contributed by atoms with Gasteiger partial charge < -0.3 is 14.2 Å². The normalized spacial score (nSPS) is 31.9. The quantitative estimate of drug-likeness (QED) is 0.309. The first-order chi connectivity index (χ1) is 16.1.